The van der Waals surface area contributed by atoms with Crippen LogP contribution in [0.3, 0.4) is 0 Å². The van der Waals surface area contributed by atoms with Crippen molar-refractivity contribution in [1.29, 1.82) is 0 Å². The van der Waals surface area contributed by atoms with Gasteiger partial charge in [-0.3, -0.25) is 0 Å². The number of pyridine rings is 1. The van der Waals surface area contributed by atoms with Gasteiger partial charge in [0.25, 0.3) is 10.0 Å². The minimum Gasteiger partial charge on any atom is -0.316 e. The number of nitrogens with one attached hydrogen (secondary N) is 1. The van der Waals surface area contributed by atoms with Crippen molar-refractivity contribution in [2.24, 2.45) is 0 Å². The van der Waals surface area contributed by atoms with Crippen LogP contribution in [0.5, 0.6) is 0 Å². The fourth-order valence-corrected chi connectivity index (χ4v) is 3.88. The summed E-state index contributed by atoms with van der Waals surface area (Å²) in [6, 6.07) is 3.27. The normalized spacial score (nSPS) is 13.9. The topological polar surface area (TPSA) is 65.5 Å². The first-order chi connectivity index (χ1) is 9.82. The summed E-state index contributed by atoms with van der Waals surface area (Å²) in [6.45, 7) is 5.53. The highest BCUT2D eigenvalue weighted by molar-refractivity contribution is 7.89. The summed E-state index contributed by atoms with van der Waals surface area (Å²) in [5.41, 5.74) is 0.959. The van der Waals surface area contributed by atoms with E-state index in [9.17, 15) is 8.42 Å². The molecule has 1 heterocycles. The first-order valence-corrected chi connectivity index (χ1v) is 8.53. The molecule has 0 aromatic carbocycles. The van der Waals surface area contributed by atoms with Crippen molar-refractivity contribution in [2.75, 3.05) is 34.2 Å². The largest absolute Gasteiger partial charge is 0.316 e. The fourth-order valence-electron chi connectivity index (χ4n) is 2.33. The van der Waals surface area contributed by atoms with E-state index in [1.54, 1.807) is 18.3 Å². The van der Waals surface area contributed by atoms with Gasteiger partial charge in [-0.1, -0.05) is 13.0 Å². The van der Waals surface area contributed by atoms with Crippen LogP contribution < -0.4 is 5.32 Å². The van der Waals surface area contributed by atoms with Crippen LogP contribution in [0.25, 0.3) is 0 Å². The number of rotatable bonds is 8. The molecule has 0 aliphatic heterocycles. The molecule has 1 unspecified atom stereocenters. The van der Waals surface area contributed by atoms with Crippen LogP contribution in [-0.2, 0) is 16.6 Å². The van der Waals surface area contributed by atoms with E-state index in [-0.39, 0.29) is 11.1 Å². The fraction of sp³-hybridized carbons (Fsp3) is 0.643. The van der Waals surface area contributed by atoms with Gasteiger partial charge in [0, 0.05) is 31.9 Å². The standard InChI is InChI=1S/C14H26N4O2S/c1-6-18(12(2)11-17(4)5)21(19,20)14-8-7-13(9-15-3)10-16-14/h7-8,10,12,15H,6,9,11H2,1-5H3. The van der Waals surface area contributed by atoms with E-state index in [0.717, 1.165) is 5.56 Å². The van der Waals surface area contributed by atoms with Crippen LogP contribution >= 0.6 is 0 Å². The smallest absolute Gasteiger partial charge is 0.260 e. The molecule has 0 saturated carbocycles. The molecule has 0 fully saturated rings. The Morgan fingerprint density at radius 2 is 2.00 bits per heavy atom. The first-order valence-electron chi connectivity index (χ1n) is 7.09. The maximum Gasteiger partial charge on any atom is 0.260 e. The van der Waals surface area contributed by atoms with Gasteiger partial charge in [0.15, 0.2) is 5.03 Å². The van der Waals surface area contributed by atoms with E-state index in [1.165, 1.54) is 4.31 Å². The van der Waals surface area contributed by atoms with E-state index < -0.39 is 10.0 Å². The molecule has 0 aliphatic rings. The molecule has 6 nitrogen and oxygen atoms in total. The molecule has 1 N–H and O–H groups in total. The maximum absolute atomic E-state index is 12.7. The summed E-state index contributed by atoms with van der Waals surface area (Å²) in [7, 11) is 2.15. The van der Waals surface area contributed by atoms with Gasteiger partial charge in [0.05, 0.1) is 0 Å². The summed E-state index contributed by atoms with van der Waals surface area (Å²) in [5, 5.41) is 3.12. The predicted molar refractivity (Wildman–Crippen MR) is 84.6 cm³/mol. The number of hydrogen-bond donors (Lipinski definition) is 1. The average Bonchev–Trinajstić information content (AvgIpc) is 2.39. The van der Waals surface area contributed by atoms with Crippen molar-refractivity contribution in [3.05, 3.63) is 23.9 Å². The van der Waals surface area contributed by atoms with Crippen LogP contribution in [0.4, 0.5) is 0 Å². The highest BCUT2D eigenvalue weighted by Gasteiger charge is 2.28. The Kier molecular flexibility index (Phi) is 6.73. The van der Waals surface area contributed by atoms with Crippen molar-refractivity contribution in [2.45, 2.75) is 31.5 Å². The van der Waals surface area contributed by atoms with Crippen molar-refractivity contribution in [3.8, 4) is 0 Å². The zero-order valence-corrected chi connectivity index (χ0v) is 14.3. The van der Waals surface area contributed by atoms with E-state index in [2.05, 4.69) is 10.3 Å². The van der Waals surface area contributed by atoms with Gasteiger partial charge in [0.2, 0.25) is 0 Å². The molecule has 1 atom stereocenters. The zero-order chi connectivity index (χ0) is 16.0. The number of aromatic nitrogens is 1. The van der Waals surface area contributed by atoms with Gasteiger partial charge in [-0.2, -0.15) is 4.31 Å². The predicted octanol–water partition coefficient (Wildman–Crippen LogP) is 0.762. The summed E-state index contributed by atoms with van der Waals surface area (Å²) in [5.74, 6) is 0. The first kappa shape index (κ1) is 18.0. The Balaban J connectivity index is 3.01. The molecule has 0 amide bonds. The molecular formula is C14H26N4O2S. The van der Waals surface area contributed by atoms with Gasteiger partial charge in [-0.25, -0.2) is 13.4 Å². The Morgan fingerprint density at radius 3 is 2.43 bits per heavy atom. The molecule has 1 aromatic rings. The van der Waals surface area contributed by atoms with Gasteiger partial charge in [-0.15, -0.1) is 0 Å². The Labute approximate surface area is 128 Å². The molecule has 0 bridgehead atoms. The zero-order valence-electron chi connectivity index (χ0n) is 13.5. The van der Waals surface area contributed by atoms with E-state index in [1.807, 2.05) is 39.9 Å². The molecule has 0 spiro atoms. The summed E-state index contributed by atoms with van der Waals surface area (Å²) >= 11 is 0. The van der Waals surface area contributed by atoms with Crippen molar-refractivity contribution in [1.82, 2.24) is 19.5 Å². The monoisotopic (exact) mass is 314 g/mol. The Bertz CT molecular complexity index is 528. The lowest BCUT2D eigenvalue weighted by Crippen LogP contribution is -2.43. The molecule has 0 radical (unpaired) electrons. The SMILES string of the molecule is CCN(C(C)CN(C)C)S(=O)(=O)c1ccc(CNC)cn1. The average molecular weight is 314 g/mol. The van der Waals surface area contributed by atoms with Gasteiger partial charge in [0.1, 0.15) is 0 Å². The second-order valence-electron chi connectivity index (χ2n) is 5.35. The quantitative estimate of drug-likeness (QED) is 0.767. The highest BCUT2D eigenvalue weighted by atomic mass is 32.2. The number of nitrogens with zero attached hydrogens (tertiary/aromatic N) is 3. The molecule has 1 aromatic heterocycles. The van der Waals surface area contributed by atoms with Crippen LogP contribution in [0.1, 0.15) is 19.4 Å². The summed E-state index contributed by atoms with van der Waals surface area (Å²) < 4.78 is 26.9. The molecule has 21 heavy (non-hydrogen) atoms. The second kappa shape index (κ2) is 7.84. The van der Waals surface area contributed by atoms with Crippen LogP contribution in [0, 0.1) is 0 Å². The van der Waals surface area contributed by atoms with E-state index in [0.29, 0.717) is 19.6 Å². The highest BCUT2D eigenvalue weighted by Crippen LogP contribution is 2.16. The van der Waals surface area contributed by atoms with E-state index in [4.69, 9.17) is 0 Å². The van der Waals surface area contributed by atoms with Gasteiger partial charge < -0.3 is 10.2 Å². The minimum absolute atomic E-state index is 0.103. The summed E-state index contributed by atoms with van der Waals surface area (Å²) in [4.78, 5) is 6.09. The van der Waals surface area contributed by atoms with E-state index >= 15 is 0 Å². The lowest BCUT2D eigenvalue weighted by molar-refractivity contribution is 0.271. The number of likely N-dealkylation sites (N-methyl/N-ethyl adjacent to an activating group) is 2. The molecule has 7 heteroatoms. The molecule has 0 saturated heterocycles. The third-order valence-corrected chi connectivity index (χ3v) is 5.19. The third kappa shape index (κ3) is 4.74. The lowest BCUT2D eigenvalue weighted by Gasteiger charge is -2.28. The second-order valence-corrected chi connectivity index (χ2v) is 7.19. The molecule has 0 aliphatic carbocycles. The number of hydrogen-bond acceptors (Lipinski definition) is 5. The van der Waals surface area contributed by atoms with Crippen molar-refractivity contribution < 1.29 is 8.42 Å². The van der Waals surface area contributed by atoms with Crippen molar-refractivity contribution in [3.63, 3.8) is 0 Å². The van der Waals surface area contributed by atoms with Crippen LogP contribution in [-0.4, -0.2) is 62.9 Å². The summed E-state index contributed by atoms with van der Waals surface area (Å²) in [6.07, 6.45) is 1.60. The Morgan fingerprint density at radius 1 is 1.33 bits per heavy atom. The lowest BCUT2D eigenvalue weighted by atomic mass is 10.3. The third-order valence-electron chi connectivity index (χ3n) is 3.18. The van der Waals surface area contributed by atoms with Gasteiger partial charge in [-0.05, 0) is 39.7 Å². The number of sulfonamides is 1. The molecule has 120 valence electrons. The minimum atomic E-state index is -3.55. The van der Waals surface area contributed by atoms with Crippen molar-refractivity contribution >= 4 is 10.0 Å². The van der Waals surface area contributed by atoms with Gasteiger partial charge >= 0.3 is 0 Å². The van der Waals surface area contributed by atoms with Crippen LogP contribution in [0.2, 0.25) is 0 Å². The molecular weight excluding hydrogens is 288 g/mol. The maximum atomic E-state index is 12.7. The Hall–Kier alpha value is -1.02. The van der Waals surface area contributed by atoms with Crippen LogP contribution in [0.15, 0.2) is 23.4 Å². The molecule has 1 rings (SSSR count).